The molecule has 3 aliphatic rings. The smallest absolute Gasteiger partial charge is 0.237 e. The van der Waals surface area contributed by atoms with Gasteiger partial charge in [-0.2, -0.15) is 0 Å². The topological polar surface area (TPSA) is 72.9 Å². The molecule has 0 saturated carbocycles. The van der Waals surface area contributed by atoms with Crippen molar-refractivity contribution < 1.29 is 14.7 Å². The fourth-order valence-corrected chi connectivity index (χ4v) is 4.39. The molecule has 0 radical (unpaired) electrons. The standard InChI is InChI=1S/C21H25N3O3/c25-17(14-21-9-5-4-8-18(21)19(26)22-20(21)27)15-23-10-12-24(13-11-23)16-6-2-1-3-7-16/h1-9,17-18,25H,10-15H2,(H,22,26,27). The van der Waals surface area contributed by atoms with Crippen LogP contribution in [0.15, 0.2) is 54.6 Å². The average molecular weight is 367 g/mol. The highest BCUT2D eigenvalue weighted by Crippen LogP contribution is 2.42. The Kier molecular flexibility index (Phi) is 4.85. The fourth-order valence-electron chi connectivity index (χ4n) is 4.39. The van der Waals surface area contributed by atoms with Crippen LogP contribution in [0.5, 0.6) is 0 Å². The Bertz CT molecular complexity index is 768. The van der Waals surface area contributed by atoms with Gasteiger partial charge in [-0.1, -0.05) is 42.5 Å². The fraction of sp³-hybridized carbons (Fsp3) is 0.429. The zero-order valence-electron chi connectivity index (χ0n) is 15.3. The number of fused-ring (bicyclic) bond motifs is 1. The van der Waals surface area contributed by atoms with Gasteiger partial charge in [0, 0.05) is 38.4 Å². The van der Waals surface area contributed by atoms with Gasteiger partial charge in [-0.05, 0) is 18.6 Å². The number of para-hydroxylation sites is 1. The van der Waals surface area contributed by atoms with Gasteiger partial charge >= 0.3 is 0 Å². The first kappa shape index (κ1) is 17.9. The number of aliphatic hydroxyl groups is 1. The third-order valence-electron chi connectivity index (χ3n) is 5.84. The third-order valence-corrected chi connectivity index (χ3v) is 5.84. The van der Waals surface area contributed by atoms with Crippen molar-refractivity contribution in [2.24, 2.45) is 11.3 Å². The van der Waals surface area contributed by atoms with E-state index >= 15 is 0 Å². The highest BCUT2D eigenvalue weighted by Gasteiger charge is 2.53. The molecule has 3 unspecified atom stereocenters. The molecule has 3 atom stereocenters. The van der Waals surface area contributed by atoms with E-state index in [9.17, 15) is 14.7 Å². The molecule has 0 spiro atoms. The maximum Gasteiger partial charge on any atom is 0.237 e. The molecule has 4 rings (SSSR count). The minimum atomic E-state index is -0.947. The van der Waals surface area contributed by atoms with Gasteiger partial charge in [0.2, 0.25) is 11.8 Å². The first-order chi connectivity index (χ1) is 13.1. The second-order valence-corrected chi connectivity index (χ2v) is 7.56. The molecule has 2 heterocycles. The van der Waals surface area contributed by atoms with Gasteiger partial charge in [0.1, 0.15) is 0 Å². The highest BCUT2D eigenvalue weighted by molar-refractivity contribution is 6.09. The van der Waals surface area contributed by atoms with Crippen LogP contribution in [-0.4, -0.2) is 60.6 Å². The summed E-state index contributed by atoms with van der Waals surface area (Å²) in [6, 6.07) is 10.3. The van der Waals surface area contributed by atoms with Gasteiger partial charge in [0.25, 0.3) is 0 Å². The summed E-state index contributed by atoms with van der Waals surface area (Å²) in [5, 5.41) is 13.1. The van der Waals surface area contributed by atoms with Crippen molar-refractivity contribution in [1.29, 1.82) is 0 Å². The summed E-state index contributed by atoms with van der Waals surface area (Å²) in [7, 11) is 0. The number of benzene rings is 1. The number of β-amino-alcohol motifs (C(OH)–C–C–N with tert-alkyl or cyclic N) is 1. The first-order valence-corrected chi connectivity index (χ1v) is 9.50. The number of amides is 2. The Hall–Kier alpha value is -2.44. The lowest BCUT2D eigenvalue weighted by molar-refractivity contribution is -0.128. The van der Waals surface area contributed by atoms with Gasteiger partial charge in [-0.3, -0.25) is 19.8 Å². The molecule has 142 valence electrons. The minimum Gasteiger partial charge on any atom is -0.392 e. The molecule has 2 aliphatic heterocycles. The number of rotatable bonds is 5. The predicted molar refractivity (Wildman–Crippen MR) is 103 cm³/mol. The summed E-state index contributed by atoms with van der Waals surface area (Å²) in [6.07, 6.45) is 6.70. The van der Waals surface area contributed by atoms with Crippen LogP contribution in [0.25, 0.3) is 0 Å². The molecule has 2 saturated heterocycles. The van der Waals surface area contributed by atoms with Crippen molar-refractivity contribution in [2.75, 3.05) is 37.6 Å². The van der Waals surface area contributed by atoms with Crippen LogP contribution in [0.2, 0.25) is 0 Å². The van der Waals surface area contributed by atoms with Gasteiger partial charge in [0.15, 0.2) is 0 Å². The second kappa shape index (κ2) is 7.29. The number of hydrogen-bond donors (Lipinski definition) is 2. The Morgan fingerprint density at radius 1 is 1.11 bits per heavy atom. The molecule has 2 amide bonds. The summed E-state index contributed by atoms with van der Waals surface area (Å²) in [4.78, 5) is 29.0. The van der Waals surface area contributed by atoms with E-state index in [1.807, 2.05) is 18.2 Å². The van der Waals surface area contributed by atoms with E-state index in [1.165, 1.54) is 5.69 Å². The zero-order chi connectivity index (χ0) is 18.9. The molecule has 2 N–H and O–H groups in total. The molecule has 0 bridgehead atoms. The van der Waals surface area contributed by atoms with E-state index < -0.39 is 17.4 Å². The van der Waals surface area contributed by atoms with E-state index in [0.717, 1.165) is 26.2 Å². The summed E-state index contributed by atoms with van der Waals surface area (Å²) < 4.78 is 0. The molecule has 1 aliphatic carbocycles. The molecular formula is C21H25N3O3. The molecule has 1 aromatic carbocycles. The lowest BCUT2D eigenvalue weighted by atomic mass is 9.71. The molecule has 6 nitrogen and oxygen atoms in total. The van der Waals surface area contributed by atoms with Gasteiger partial charge in [-0.15, -0.1) is 0 Å². The summed E-state index contributed by atoms with van der Waals surface area (Å²) in [5.74, 6) is -1.09. The summed E-state index contributed by atoms with van der Waals surface area (Å²) in [6.45, 7) is 4.06. The van der Waals surface area contributed by atoms with Crippen LogP contribution in [-0.2, 0) is 9.59 Å². The first-order valence-electron chi connectivity index (χ1n) is 9.50. The number of aliphatic hydroxyl groups excluding tert-OH is 1. The van der Waals surface area contributed by atoms with E-state index in [2.05, 4.69) is 27.2 Å². The number of imide groups is 1. The number of allylic oxidation sites excluding steroid dienone is 2. The highest BCUT2D eigenvalue weighted by atomic mass is 16.3. The predicted octanol–water partition coefficient (Wildman–Crippen LogP) is 0.945. The summed E-state index contributed by atoms with van der Waals surface area (Å²) in [5.41, 5.74) is 0.275. The van der Waals surface area contributed by atoms with Crippen LogP contribution in [0.1, 0.15) is 6.42 Å². The number of hydrogen-bond acceptors (Lipinski definition) is 5. The van der Waals surface area contributed by atoms with Crippen molar-refractivity contribution in [2.45, 2.75) is 12.5 Å². The second-order valence-electron chi connectivity index (χ2n) is 7.56. The Morgan fingerprint density at radius 2 is 1.85 bits per heavy atom. The van der Waals surface area contributed by atoms with Gasteiger partial charge < -0.3 is 10.0 Å². The van der Waals surface area contributed by atoms with Crippen molar-refractivity contribution >= 4 is 17.5 Å². The maximum absolute atomic E-state index is 12.4. The number of carbonyl (C=O) groups is 2. The molecule has 6 heteroatoms. The largest absolute Gasteiger partial charge is 0.392 e. The van der Waals surface area contributed by atoms with Crippen LogP contribution < -0.4 is 10.2 Å². The lowest BCUT2D eigenvalue weighted by Crippen LogP contribution is -2.49. The van der Waals surface area contributed by atoms with E-state index in [1.54, 1.807) is 24.3 Å². The maximum atomic E-state index is 12.4. The Morgan fingerprint density at radius 3 is 2.59 bits per heavy atom. The number of nitrogens with one attached hydrogen (secondary N) is 1. The van der Waals surface area contributed by atoms with Crippen molar-refractivity contribution in [3.8, 4) is 0 Å². The zero-order valence-corrected chi connectivity index (χ0v) is 15.3. The molecule has 27 heavy (non-hydrogen) atoms. The van der Waals surface area contributed by atoms with Crippen molar-refractivity contribution in [3.63, 3.8) is 0 Å². The van der Waals surface area contributed by atoms with Crippen LogP contribution in [0, 0.1) is 11.3 Å². The normalized spacial score (nSPS) is 28.9. The SMILES string of the molecule is O=C1NC(=O)C2(CC(O)CN3CCN(c4ccccc4)CC3)C=CC=CC12. The van der Waals surface area contributed by atoms with Crippen molar-refractivity contribution in [3.05, 3.63) is 54.6 Å². The van der Waals surface area contributed by atoms with E-state index in [4.69, 9.17) is 0 Å². The minimum absolute atomic E-state index is 0.259. The number of carbonyl (C=O) groups excluding carboxylic acids is 2. The van der Waals surface area contributed by atoms with E-state index in [-0.39, 0.29) is 18.2 Å². The van der Waals surface area contributed by atoms with Gasteiger partial charge in [-0.25, -0.2) is 0 Å². The number of anilines is 1. The number of piperazine rings is 1. The quantitative estimate of drug-likeness (QED) is 0.758. The molecule has 2 fully saturated rings. The monoisotopic (exact) mass is 367 g/mol. The Balaban J connectivity index is 1.34. The van der Waals surface area contributed by atoms with Gasteiger partial charge in [0.05, 0.1) is 17.4 Å². The molecule has 0 aromatic heterocycles. The van der Waals surface area contributed by atoms with Crippen LogP contribution >= 0.6 is 0 Å². The Labute approximate surface area is 159 Å². The van der Waals surface area contributed by atoms with Crippen LogP contribution in [0.3, 0.4) is 0 Å². The lowest BCUT2D eigenvalue weighted by Gasteiger charge is -2.38. The number of nitrogens with zero attached hydrogens (tertiary/aromatic N) is 2. The average Bonchev–Trinajstić information content (AvgIpc) is 2.93. The third kappa shape index (κ3) is 3.42. The molecule has 1 aromatic rings. The van der Waals surface area contributed by atoms with E-state index in [0.29, 0.717) is 6.54 Å². The summed E-state index contributed by atoms with van der Waals surface area (Å²) >= 11 is 0. The molecular weight excluding hydrogens is 342 g/mol. The van der Waals surface area contributed by atoms with Crippen LogP contribution in [0.4, 0.5) is 5.69 Å². The van der Waals surface area contributed by atoms with Crippen molar-refractivity contribution in [1.82, 2.24) is 10.2 Å².